The Bertz CT molecular complexity index is 938. The number of carbonyl (C=O) groups excluding carboxylic acids is 1. The van der Waals surface area contributed by atoms with Gasteiger partial charge in [-0.05, 0) is 43.2 Å². The number of thioether (sulfide) groups is 1. The number of thiocarbonyl (C=S) groups is 1. The van der Waals surface area contributed by atoms with Crippen LogP contribution in [0.3, 0.4) is 0 Å². The van der Waals surface area contributed by atoms with Crippen LogP contribution in [0.25, 0.3) is 6.08 Å². The van der Waals surface area contributed by atoms with E-state index in [1.807, 2.05) is 30.3 Å². The second-order valence-corrected chi connectivity index (χ2v) is 9.07. The van der Waals surface area contributed by atoms with Gasteiger partial charge in [0.1, 0.15) is 4.32 Å². The zero-order valence-electron chi connectivity index (χ0n) is 15.3. The van der Waals surface area contributed by atoms with Crippen molar-refractivity contribution in [1.29, 1.82) is 0 Å². The van der Waals surface area contributed by atoms with Crippen LogP contribution in [-0.2, 0) is 9.59 Å². The van der Waals surface area contributed by atoms with Crippen molar-refractivity contribution in [3.8, 4) is 0 Å². The molecule has 4 nitrogen and oxygen atoms in total. The molecule has 144 valence electrons. The predicted octanol–water partition coefficient (Wildman–Crippen LogP) is 5.21. The van der Waals surface area contributed by atoms with Gasteiger partial charge in [0.05, 0.1) is 4.91 Å². The zero-order valence-corrected chi connectivity index (χ0v) is 17.7. The van der Waals surface area contributed by atoms with Crippen LogP contribution in [0.1, 0.15) is 24.0 Å². The molecular weight excluding hydrogens is 410 g/mol. The summed E-state index contributed by atoms with van der Waals surface area (Å²) in [5.41, 5.74) is 2.17. The minimum Gasteiger partial charge on any atom is -0.481 e. The van der Waals surface area contributed by atoms with Crippen LogP contribution in [0.2, 0.25) is 0 Å². The number of benzene rings is 2. The standard InChI is InChI=1S/C21H19NO3S3/c1-14-8-10-16(11-9-14)27-17-6-3-2-5-15(17)13-18-20(25)22(21(26)28-18)12-4-7-19(23)24/h2-3,5-6,8-11,13H,4,7,12H2,1H3,(H,23,24)/b18-13-. The van der Waals surface area contributed by atoms with Gasteiger partial charge in [-0.1, -0.05) is 71.6 Å². The summed E-state index contributed by atoms with van der Waals surface area (Å²) >= 11 is 8.23. The van der Waals surface area contributed by atoms with Crippen molar-refractivity contribution >= 4 is 58.0 Å². The normalized spacial score (nSPS) is 15.5. The van der Waals surface area contributed by atoms with Crippen LogP contribution < -0.4 is 0 Å². The molecule has 1 fully saturated rings. The Hall–Kier alpha value is -2.09. The average Bonchev–Trinajstić information content (AvgIpc) is 2.92. The first kappa shape index (κ1) is 20.6. The van der Waals surface area contributed by atoms with Crippen molar-refractivity contribution in [3.05, 3.63) is 64.6 Å². The highest BCUT2D eigenvalue weighted by atomic mass is 32.2. The summed E-state index contributed by atoms with van der Waals surface area (Å²) in [6.07, 6.45) is 2.27. The van der Waals surface area contributed by atoms with E-state index in [1.165, 1.54) is 22.2 Å². The number of carboxylic acids is 1. The minimum absolute atomic E-state index is 0.0200. The number of carbonyl (C=O) groups is 2. The molecule has 1 amide bonds. The molecule has 28 heavy (non-hydrogen) atoms. The van der Waals surface area contributed by atoms with Crippen LogP contribution in [-0.4, -0.2) is 32.7 Å². The van der Waals surface area contributed by atoms with Crippen molar-refractivity contribution in [2.75, 3.05) is 6.54 Å². The first-order valence-corrected chi connectivity index (χ1v) is 10.8. The number of nitrogens with zero attached hydrogens (tertiary/aromatic N) is 1. The van der Waals surface area contributed by atoms with Gasteiger partial charge >= 0.3 is 5.97 Å². The summed E-state index contributed by atoms with van der Waals surface area (Å²) in [6, 6.07) is 16.2. The molecule has 0 bridgehead atoms. The van der Waals surface area contributed by atoms with Crippen LogP contribution in [0.5, 0.6) is 0 Å². The first-order chi connectivity index (χ1) is 13.4. The number of carboxylic acid groups (broad SMARTS) is 1. The van der Waals surface area contributed by atoms with Crippen molar-refractivity contribution in [2.45, 2.75) is 29.6 Å². The van der Waals surface area contributed by atoms with E-state index in [0.29, 0.717) is 22.2 Å². The molecule has 3 rings (SSSR count). The summed E-state index contributed by atoms with van der Waals surface area (Å²) in [5, 5.41) is 8.78. The van der Waals surface area contributed by atoms with Crippen LogP contribution in [0, 0.1) is 6.92 Å². The molecule has 1 aliphatic heterocycles. The van der Waals surface area contributed by atoms with E-state index in [0.717, 1.165) is 15.4 Å². The molecule has 2 aromatic rings. The fourth-order valence-corrected chi connectivity index (χ4v) is 4.87. The third kappa shape index (κ3) is 5.25. The van der Waals surface area contributed by atoms with Gasteiger partial charge in [0, 0.05) is 22.8 Å². The maximum Gasteiger partial charge on any atom is 0.303 e. The molecule has 0 atom stereocenters. The van der Waals surface area contributed by atoms with Gasteiger partial charge in [-0.25, -0.2) is 0 Å². The minimum atomic E-state index is -0.872. The van der Waals surface area contributed by atoms with E-state index in [1.54, 1.807) is 11.8 Å². The third-order valence-corrected chi connectivity index (χ3v) is 6.58. The number of rotatable bonds is 7. The van der Waals surface area contributed by atoms with Gasteiger partial charge < -0.3 is 5.11 Å². The Kier molecular flexibility index (Phi) is 6.93. The molecule has 7 heteroatoms. The summed E-state index contributed by atoms with van der Waals surface area (Å²) in [7, 11) is 0. The molecule has 1 saturated heterocycles. The van der Waals surface area contributed by atoms with Crippen molar-refractivity contribution in [1.82, 2.24) is 4.90 Å². The van der Waals surface area contributed by atoms with Crippen LogP contribution >= 0.6 is 35.7 Å². The molecule has 1 N–H and O–H groups in total. The highest BCUT2D eigenvalue weighted by Crippen LogP contribution is 2.36. The Morgan fingerprint density at radius 2 is 1.93 bits per heavy atom. The lowest BCUT2D eigenvalue weighted by Gasteiger charge is -2.13. The molecule has 1 heterocycles. The van der Waals surface area contributed by atoms with Gasteiger partial charge in [0.15, 0.2) is 0 Å². The Labute approximate surface area is 178 Å². The second-order valence-electron chi connectivity index (χ2n) is 6.28. The second kappa shape index (κ2) is 9.41. The van der Waals surface area contributed by atoms with E-state index in [2.05, 4.69) is 31.2 Å². The van der Waals surface area contributed by atoms with Gasteiger partial charge in [-0.2, -0.15) is 0 Å². The van der Waals surface area contributed by atoms with Gasteiger partial charge in [0.25, 0.3) is 5.91 Å². The number of aryl methyl sites for hydroxylation is 1. The van der Waals surface area contributed by atoms with E-state index in [4.69, 9.17) is 17.3 Å². The van der Waals surface area contributed by atoms with Crippen molar-refractivity contribution in [3.63, 3.8) is 0 Å². The monoisotopic (exact) mass is 429 g/mol. The van der Waals surface area contributed by atoms with Gasteiger partial charge in [-0.3, -0.25) is 14.5 Å². The van der Waals surface area contributed by atoms with Crippen molar-refractivity contribution in [2.24, 2.45) is 0 Å². The smallest absolute Gasteiger partial charge is 0.303 e. The van der Waals surface area contributed by atoms with E-state index in [9.17, 15) is 9.59 Å². The fourth-order valence-electron chi connectivity index (χ4n) is 2.65. The topological polar surface area (TPSA) is 57.6 Å². The average molecular weight is 430 g/mol. The Morgan fingerprint density at radius 1 is 1.21 bits per heavy atom. The Morgan fingerprint density at radius 3 is 2.64 bits per heavy atom. The van der Waals surface area contributed by atoms with Gasteiger partial charge in [-0.15, -0.1) is 0 Å². The molecule has 0 saturated carbocycles. The fraction of sp³-hybridized carbons (Fsp3) is 0.190. The van der Waals surface area contributed by atoms with Crippen molar-refractivity contribution < 1.29 is 14.7 Å². The Balaban J connectivity index is 1.78. The highest BCUT2D eigenvalue weighted by Gasteiger charge is 2.31. The quantitative estimate of drug-likeness (QED) is 0.481. The lowest BCUT2D eigenvalue weighted by molar-refractivity contribution is -0.137. The lowest BCUT2D eigenvalue weighted by atomic mass is 10.2. The summed E-state index contributed by atoms with van der Waals surface area (Å²) in [6.45, 7) is 2.38. The molecule has 0 unspecified atom stereocenters. The molecule has 0 radical (unpaired) electrons. The largest absolute Gasteiger partial charge is 0.481 e. The molecule has 2 aromatic carbocycles. The first-order valence-electron chi connectivity index (χ1n) is 8.75. The molecule has 0 aliphatic carbocycles. The number of hydrogen-bond acceptors (Lipinski definition) is 5. The maximum atomic E-state index is 12.7. The van der Waals surface area contributed by atoms with E-state index < -0.39 is 5.97 Å². The van der Waals surface area contributed by atoms with E-state index in [-0.39, 0.29) is 12.3 Å². The van der Waals surface area contributed by atoms with E-state index >= 15 is 0 Å². The summed E-state index contributed by atoms with van der Waals surface area (Å²) in [5.74, 6) is -1.03. The highest BCUT2D eigenvalue weighted by molar-refractivity contribution is 8.26. The third-order valence-electron chi connectivity index (χ3n) is 4.10. The molecular formula is C21H19NO3S3. The molecule has 0 aromatic heterocycles. The molecule has 0 spiro atoms. The molecule has 1 aliphatic rings. The maximum absolute atomic E-state index is 12.7. The summed E-state index contributed by atoms with van der Waals surface area (Å²) < 4.78 is 0.477. The van der Waals surface area contributed by atoms with Crippen LogP contribution in [0.15, 0.2) is 63.2 Å². The van der Waals surface area contributed by atoms with Gasteiger partial charge in [0.2, 0.25) is 0 Å². The predicted molar refractivity (Wildman–Crippen MR) is 118 cm³/mol. The lowest BCUT2D eigenvalue weighted by Crippen LogP contribution is -2.29. The SMILES string of the molecule is Cc1ccc(Sc2ccccc2/C=C2\SC(=S)N(CCCC(=O)O)C2=O)cc1. The number of amides is 1. The number of aliphatic carboxylic acids is 1. The zero-order chi connectivity index (χ0) is 20.1. The summed E-state index contributed by atoms with van der Waals surface area (Å²) in [4.78, 5) is 27.6. The van der Waals surface area contributed by atoms with Crippen LogP contribution in [0.4, 0.5) is 0 Å². The number of hydrogen-bond donors (Lipinski definition) is 1.